The molecule has 1 aliphatic heterocycles. The molecule has 0 atom stereocenters. The van der Waals surface area contributed by atoms with Gasteiger partial charge in [-0.05, 0) is 18.6 Å². The lowest BCUT2D eigenvalue weighted by molar-refractivity contribution is -0.113. The molecule has 1 aromatic rings. The van der Waals surface area contributed by atoms with Crippen molar-refractivity contribution in [2.75, 3.05) is 5.32 Å². The smallest absolute Gasteiger partial charge is 0.296 e. The van der Waals surface area contributed by atoms with Gasteiger partial charge in [0.25, 0.3) is 17.6 Å². The minimum atomic E-state index is -0.785. The maximum atomic E-state index is 11.6. The summed E-state index contributed by atoms with van der Waals surface area (Å²) >= 11 is 0. The number of Topliss-reactive ketones (excluding diaryl/α,β-unsaturated/α-hetero) is 1. The Hall–Kier alpha value is -2.61. The first-order valence-electron chi connectivity index (χ1n) is 4.81. The van der Waals surface area contributed by atoms with E-state index in [4.69, 9.17) is 5.73 Å². The summed E-state index contributed by atoms with van der Waals surface area (Å²) in [6.45, 7) is 1.74. The summed E-state index contributed by atoms with van der Waals surface area (Å²) in [6, 6.07) is 3.34. The summed E-state index contributed by atoms with van der Waals surface area (Å²) in [5, 5.41) is 2.43. The van der Waals surface area contributed by atoms with Crippen LogP contribution >= 0.6 is 0 Å². The molecule has 2 rings (SSSR count). The van der Waals surface area contributed by atoms with E-state index in [2.05, 4.69) is 17.2 Å². The van der Waals surface area contributed by atoms with Gasteiger partial charge in [-0.1, -0.05) is 12.0 Å². The zero-order chi connectivity index (χ0) is 12.6. The van der Waals surface area contributed by atoms with Gasteiger partial charge in [0.15, 0.2) is 0 Å². The monoisotopic (exact) mass is 228 g/mol. The number of hydrogen-bond acceptors (Lipinski definition) is 3. The first-order chi connectivity index (χ1) is 8.00. The number of amides is 2. The minimum absolute atomic E-state index is 0.212. The molecule has 5 nitrogen and oxygen atoms in total. The molecule has 3 N–H and O–H groups in total. The number of ketones is 1. The first-order valence-corrected chi connectivity index (χ1v) is 4.81. The number of primary amides is 1. The normalized spacial score (nSPS) is 12.5. The van der Waals surface area contributed by atoms with Gasteiger partial charge in [0.1, 0.15) is 0 Å². The molecule has 0 fully saturated rings. The number of aryl methyl sites for hydroxylation is 1. The van der Waals surface area contributed by atoms with Crippen LogP contribution in [0.1, 0.15) is 21.5 Å². The molecule has 0 spiro atoms. The number of nitrogens with two attached hydrogens (primary N) is 1. The zero-order valence-electron chi connectivity index (χ0n) is 8.96. The van der Waals surface area contributed by atoms with E-state index < -0.39 is 17.6 Å². The van der Waals surface area contributed by atoms with Crippen molar-refractivity contribution in [1.29, 1.82) is 0 Å². The minimum Gasteiger partial charge on any atom is -0.359 e. The highest BCUT2D eigenvalue weighted by Crippen LogP contribution is 2.28. The van der Waals surface area contributed by atoms with Crippen LogP contribution < -0.4 is 11.1 Å². The van der Waals surface area contributed by atoms with Crippen molar-refractivity contribution in [2.24, 2.45) is 5.73 Å². The lowest BCUT2D eigenvalue weighted by Gasteiger charge is -2.03. The maximum Gasteiger partial charge on any atom is 0.296 e. The molecule has 0 radical (unpaired) electrons. The summed E-state index contributed by atoms with van der Waals surface area (Å²) in [5.74, 6) is 2.58. The van der Waals surface area contributed by atoms with E-state index in [1.807, 2.05) is 0 Å². The molecule has 2 amide bonds. The number of carbonyl (C=O) groups is 3. The van der Waals surface area contributed by atoms with Gasteiger partial charge in [0.05, 0.1) is 11.3 Å². The molecule has 5 heteroatoms. The summed E-state index contributed by atoms with van der Waals surface area (Å²) < 4.78 is 0. The average molecular weight is 228 g/mol. The molecule has 0 bridgehead atoms. The van der Waals surface area contributed by atoms with Crippen molar-refractivity contribution < 1.29 is 14.4 Å². The largest absolute Gasteiger partial charge is 0.359 e. The Kier molecular flexibility index (Phi) is 2.41. The molecule has 0 aromatic heterocycles. The number of benzene rings is 1. The third kappa shape index (κ3) is 1.76. The van der Waals surface area contributed by atoms with Gasteiger partial charge < -0.3 is 11.1 Å². The van der Waals surface area contributed by atoms with Crippen molar-refractivity contribution in [3.63, 3.8) is 0 Å². The van der Waals surface area contributed by atoms with Gasteiger partial charge in [0, 0.05) is 11.5 Å². The first kappa shape index (κ1) is 10.9. The highest BCUT2D eigenvalue weighted by molar-refractivity contribution is 6.52. The fourth-order valence-corrected chi connectivity index (χ4v) is 1.62. The molecule has 1 heterocycles. The number of hydrogen-bond donors (Lipinski definition) is 2. The lowest BCUT2D eigenvalue weighted by atomic mass is 9.99. The second-order valence-corrected chi connectivity index (χ2v) is 3.58. The summed E-state index contributed by atoms with van der Waals surface area (Å²) in [4.78, 5) is 33.5. The van der Waals surface area contributed by atoms with Crippen molar-refractivity contribution in [2.45, 2.75) is 6.92 Å². The third-order valence-electron chi connectivity index (χ3n) is 2.41. The van der Waals surface area contributed by atoms with Crippen LogP contribution in [0.25, 0.3) is 0 Å². The molecule has 17 heavy (non-hydrogen) atoms. The van der Waals surface area contributed by atoms with E-state index in [9.17, 15) is 14.4 Å². The number of nitrogens with one attached hydrogen (secondary N) is 1. The quantitative estimate of drug-likeness (QED) is 0.482. The predicted octanol–water partition coefficient (Wildman–Crippen LogP) is -0.0334. The standard InChI is InChI=1S/C12H8N2O3/c1-6-2-4-8-10(11(16)12(17)14-8)7(6)3-5-9(13)15/h2,4H,1H3,(H2,13,15)(H,14,16,17). The number of carbonyl (C=O) groups excluding carboxylic acids is 3. The van der Waals surface area contributed by atoms with Gasteiger partial charge in [-0.3, -0.25) is 14.4 Å². The van der Waals surface area contributed by atoms with Crippen LogP contribution in [-0.2, 0) is 9.59 Å². The lowest BCUT2D eigenvalue weighted by Crippen LogP contribution is -2.13. The maximum absolute atomic E-state index is 11.6. The van der Waals surface area contributed by atoms with Crippen molar-refractivity contribution >= 4 is 23.3 Å². The van der Waals surface area contributed by atoms with Crippen molar-refractivity contribution in [3.05, 3.63) is 28.8 Å². The van der Waals surface area contributed by atoms with E-state index in [0.717, 1.165) is 0 Å². The molecule has 84 valence electrons. The molecular formula is C12H8N2O3. The molecule has 0 unspecified atom stereocenters. The number of fused-ring (bicyclic) bond motifs is 1. The Morgan fingerprint density at radius 3 is 2.71 bits per heavy atom. The Morgan fingerprint density at radius 2 is 2.06 bits per heavy atom. The van der Waals surface area contributed by atoms with E-state index in [1.165, 1.54) is 0 Å². The van der Waals surface area contributed by atoms with Crippen LogP contribution in [0.5, 0.6) is 0 Å². The van der Waals surface area contributed by atoms with Gasteiger partial charge in [-0.2, -0.15) is 0 Å². The topological polar surface area (TPSA) is 89.3 Å². The highest BCUT2D eigenvalue weighted by atomic mass is 16.2. The van der Waals surface area contributed by atoms with Gasteiger partial charge >= 0.3 is 0 Å². The third-order valence-corrected chi connectivity index (χ3v) is 2.41. The van der Waals surface area contributed by atoms with Crippen molar-refractivity contribution in [3.8, 4) is 11.8 Å². The fourth-order valence-electron chi connectivity index (χ4n) is 1.62. The van der Waals surface area contributed by atoms with Crippen LogP contribution in [0.15, 0.2) is 12.1 Å². The van der Waals surface area contributed by atoms with Gasteiger partial charge in [-0.15, -0.1) is 0 Å². The zero-order valence-corrected chi connectivity index (χ0v) is 8.96. The molecule has 0 saturated heterocycles. The van der Waals surface area contributed by atoms with Crippen molar-refractivity contribution in [1.82, 2.24) is 0 Å². The Bertz CT molecular complexity index is 621. The fraction of sp³-hybridized carbons (Fsp3) is 0.0833. The SMILES string of the molecule is Cc1ccc2c(c1C#CC(N)=O)C(=O)C(=O)N2. The Morgan fingerprint density at radius 1 is 1.35 bits per heavy atom. The van der Waals surface area contributed by atoms with E-state index in [-0.39, 0.29) is 5.56 Å². The van der Waals surface area contributed by atoms with Gasteiger partial charge in [0.2, 0.25) is 0 Å². The molecule has 1 aromatic carbocycles. The van der Waals surface area contributed by atoms with E-state index in [0.29, 0.717) is 16.8 Å². The van der Waals surface area contributed by atoms with E-state index >= 15 is 0 Å². The van der Waals surface area contributed by atoms with Crippen LogP contribution in [-0.4, -0.2) is 17.6 Å². The molecule has 0 saturated carbocycles. The van der Waals surface area contributed by atoms with Crippen LogP contribution in [0.3, 0.4) is 0 Å². The van der Waals surface area contributed by atoms with Crippen LogP contribution in [0, 0.1) is 18.8 Å². The summed E-state index contributed by atoms with van der Waals surface area (Å²) in [5.41, 5.74) is 6.62. The Balaban J connectivity index is 2.66. The molecule has 0 aliphatic carbocycles. The predicted molar refractivity (Wildman–Crippen MR) is 60.2 cm³/mol. The van der Waals surface area contributed by atoms with Gasteiger partial charge in [-0.25, -0.2) is 0 Å². The number of rotatable bonds is 0. The summed E-state index contributed by atoms with van der Waals surface area (Å²) in [7, 11) is 0. The molecule has 1 aliphatic rings. The second kappa shape index (κ2) is 3.76. The van der Waals surface area contributed by atoms with E-state index in [1.54, 1.807) is 19.1 Å². The van der Waals surface area contributed by atoms with Crippen LogP contribution in [0.2, 0.25) is 0 Å². The summed E-state index contributed by atoms with van der Waals surface area (Å²) in [6.07, 6.45) is 0. The second-order valence-electron chi connectivity index (χ2n) is 3.58. The average Bonchev–Trinajstić information content (AvgIpc) is 2.54. The number of anilines is 1. The van der Waals surface area contributed by atoms with Crippen LogP contribution in [0.4, 0.5) is 5.69 Å². The molecular weight excluding hydrogens is 220 g/mol. The Labute approximate surface area is 97.0 Å². The highest BCUT2D eigenvalue weighted by Gasteiger charge is 2.30.